The van der Waals surface area contributed by atoms with E-state index >= 15 is 4.79 Å². The lowest BCUT2D eigenvalue weighted by Crippen LogP contribution is -2.66. The third kappa shape index (κ3) is 2.73. The van der Waals surface area contributed by atoms with Gasteiger partial charge in [0.05, 0.1) is 18.0 Å². The van der Waals surface area contributed by atoms with E-state index in [1.54, 1.807) is 5.57 Å². The van der Waals surface area contributed by atoms with Crippen LogP contribution in [0.3, 0.4) is 0 Å². The predicted octanol–water partition coefficient (Wildman–Crippen LogP) is 5.51. The zero-order chi connectivity index (χ0) is 31.8. The second-order valence-electron chi connectivity index (χ2n) is 16.6. The number of fused-ring (bicyclic) bond motifs is 8. The molecule has 0 radical (unpaired) electrons. The minimum absolute atomic E-state index is 0.00937. The van der Waals surface area contributed by atoms with Crippen LogP contribution < -0.4 is 9.80 Å². The van der Waals surface area contributed by atoms with Crippen LogP contribution in [0.1, 0.15) is 50.7 Å². The third-order valence-electron chi connectivity index (χ3n) is 15.6. The zero-order valence-electron chi connectivity index (χ0n) is 27.8. The van der Waals surface area contributed by atoms with Gasteiger partial charge in [-0.15, -0.1) is 0 Å². The first-order valence-corrected chi connectivity index (χ1v) is 18.6. The van der Waals surface area contributed by atoms with Gasteiger partial charge in [0.2, 0.25) is 5.91 Å². The highest BCUT2D eigenvalue weighted by Crippen LogP contribution is 2.68. The lowest BCUT2D eigenvalue weighted by atomic mass is 9.54. The normalized spacial score (nSPS) is 45.5. The van der Waals surface area contributed by atoms with Gasteiger partial charge in [0.15, 0.2) is 0 Å². The lowest BCUT2D eigenvalue weighted by molar-refractivity contribution is -0.124. The summed E-state index contributed by atoms with van der Waals surface area (Å²) in [6, 6.07) is 18.8. The van der Waals surface area contributed by atoms with Crippen LogP contribution in [0.15, 0.2) is 95.6 Å². The molecular weight excluding hydrogens is 592 g/mol. The van der Waals surface area contributed by atoms with Crippen LogP contribution in [-0.2, 0) is 20.4 Å². The molecule has 2 spiro atoms. The lowest BCUT2D eigenvalue weighted by Gasteiger charge is -2.57. The molecule has 242 valence electrons. The van der Waals surface area contributed by atoms with Crippen molar-refractivity contribution in [2.75, 3.05) is 29.4 Å². The van der Waals surface area contributed by atoms with E-state index in [2.05, 4.69) is 106 Å². The number of carbonyl (C=O) groups excluding carboxylic acids is 2. The average molecular weight is 635 g/mol. The molecule has 12 rings (SSSR count). The van der Waals surface area contributed by atoms with Crippen LogP contribution in [0.4, 0.5) is 11.4 Å². The Hall–Kier alpha value is -3.74. The summed E-state index contributed by atoms with van der Waals surface area (Å²) >= 11 is 0. The number of benzene rings is 2. The third-order valence-corrected chi connectivity index (χ3v) is 15.6. The number of piperidine rings is 2. The van der Waals surface area contributed by atoms with Gasteiger partial charge in [-0.25, -0.2) is 0 Å². The van der Waals surface area contributed by atoms with Gasteiger partial charge in [-0.2, -0.15) is 0 Å². The quantitative estimate of drug-likeness (QED) is 0.389. The number of hydrogen-bond donors (Lipinski definition) is 0. The van der Waals surface area contributed by atoms with Crippen LogP contribution in [0.5, 0.6) is 0 Å². The largest absolute Gasteiger partial charge is 0.304 e. The summed E-state index contributed by atoms with van der Waals surface area (Å²) in [5.74, 6) is 1.35. The Bertz CT molecular complexity index is 2010. The molecule has 2 saturated carbocycles. The standard InChI is InChI=1S/C42H42N4O2/c1-3-23-21-43-16-15-41-30-9-5-8-12-33(30)46-39(41)28(27(23)18-35(41)43)17-29(40(46)48)34-20-42-31-10-6-7-11-32(31)45-37(47)14-13-25(38(42)45)26-19-36(42)44(34)22-24(26)4-2/h3-14,17,25-27,29,34-36,38-39H,15-16,18-22H2,1-2H3/b23-3-,24-4-/t25-,26-,27-,29?,34+,35-,36-,38-,39-,41+,42+/m0/s1. The molecule has 0 aromatic heterocycles. The second-order valence-corrected chi connectivity index (χ2v) is 16.6. The highest BCUT2D eigenvalue weighted by Gasteiger charge is 2.73. The minimum atomic E-state index is -0.210. The van der Waals surface area contributed by atoms with Crippen LogP contribution >= 0.6 is 0 Å². The molecule has 6 fully saturated rings. The Labute approximate surface area is 282 Å². The number of anilines is 2. The van der Waals surface area contributed by atoms with Crippen LogP contribution in [0.25, 0.3) is 0 Å². The van der Waals surface area contributed by atoms with E-state index in [0.29, 0.717) is 35.7 Å². The highest BCUT2D eigenvalue weighted by molar-refractivity contribution is 6.06. The Morgan fingerprint density at radius 3 is 2.38 bits per heavy atom. The van der Waals surface area contributed by atoms with E-state index in [1.165, 1.54) is 28.0 Å². The fourth-order valence-corrected chi connectivity index (χ4v) is 14.1. The number of allylic oxidation sites excluding steroid dienone is 2. The van der Waals surface area contributed by atoms with E-state index in [1.807, 2.05) is 6.08 Å². The summed E-state index contributed by atoms with van der Waals surface area (Å²) < 4.78 is 0. The van der Waals surface area contributed by atoms with Crippen molar-refractivity contribution in [3.8, 4) is 0 Å². The van der Waals surface area contributed by atoms with Gasteiger partial charge in [0, 0.05) is 65.3 Å². The second kappa shape index (κ2) is 8.70. The van der Waals surface area contributed by atoms with E-state index in [9.17, 15) is 4.79 Å². The van der Waals surface area contributed by atoms with Crippen LogP contribution in [0.2, 0.25) is 0 Å². The zero-order valence-corrected chi connectivity index (χ0v) is 27.8. The van der Waals surface area contributed by atoms with Crippen molar-refractivity contribution in [1.29, 1.82) is 0 Å². The van der Waals surface area contributed by atoms with E-state index < -0.39 is 0 Å². The summed E-state index contributed by atoms with van der Waals surface area (Å²) in [5, 5.41) is 0. The van der Waals surface area contributed by atoms with Gasteiger partial charge in [0.25, 0.3) is 5.91 Å². The Morgan fingerprint density at radius 1 is 0.833 bits per heavy atom. The molecule has 2 aromatic carbocycles. The Kier molecular flexibility index (Phi) is 4.91. The highest BCUT2D eigenvalue weighted by atomic mass is 16.2. The maximum absolute atomic E-state index is 15.5. The van der Waals surface area contributed by atoms with Gasteiger partial charge in [-0.05, 0) is 86.9 Å². The van der Waals surface area contributed by atoms with E-state index in [0.717, 1.165) is 51.0 Å². The molecule has 8 aliphatic heterocycles. The van der Waals surface area contributed by atoms with Gasteiger partial charge >= 0.3 is 0 Å². The van der Waals surface area contributed by atoms with Crippen molar-refractivity contribution in [2.24, 2.45) is 23.7 Å². The molecule has 6 heteroatoms. The number of hydrogen-bond acceptors (Lipinski definition) is 4. The van der Waals surface area contributed by atoms with Gasteiger partial charge in [-0.1, -0.05) is 71.8 Å². The molecule has 10 aliphatic rings. The summed E-state index contributed by atoms with van der Waals surface area (Å²) in [5.41, 5.74) is 9.39. The molecule has 0 N–H and O–H groups in total. The number of para-hydroxylation sites is 2. The fraction of sp³-hybridized carbons (Fsp3) is 0.476. The average Bonchev–Trinajstić information content (AvgIpc) is 3.85. The number of rotatable bonds is 1. The minimum Gasteiger partial charge on any atom is -0.304 e. The Balaban J connectivity index is 1.07. The molecule has 6 nitrogen and oxygen atoms in total. The van der Waals surface area contributed by atoms with Crippen LogP contribution in [0, 0.1) is 23.7 Å². The van der Waals surface area contributed by atoms with Crippen molar-refractivity contribution in [2.45, 2.75) is 80.6 Å². The van der Waals surface area contributed by atoms with Crippen LogP contribution in [-0.4, -0.2) is 71.5 Å². The molecule has 2 aliphatic carbocycles. The number of nitrogens with zero attached hydrogens (tertiary/aromatic N) is 4. The molecule has 48 heavy (non-hydrogen) atoms. The predicted molar refractivity (Wildman–Crippen MR) is 186 cm³/mol. The maximum Gasteiger partial charge on any atom is 0.250 e. The van der Waals surface area contributed by atoms with Gasteiger partial charge < -0.3 is 9.80 Å². The fourth-order valence-electron chi connectivity index (χ4n) is 14.1. The van der Waals surface area contributed by atoms with Crippen molar-refractivity contribution in [1.82, 2.24) is 9.80 Å². The first-order valence-electron chi connectivity index (χ1n) is 18.6. The van der Waals surface area contributed by atoms with Gasteiger partial charge in [0.1, 0.15) is 0 Å². The van der Waals surface area contributed by atoms with Crippen molar-refractivity contribution in [3.05, 3.63) is 107 Å². The summed E-state index contributed by atoms with van der Waals surface area (Å²) in [7, 11) is 0. The molecule has 11 atom stereocenters. The molecule has 4 bridgehead atoms. The SMILES string of the molecule is C/C=C1/CN2CC[C@@]34c5ccccc5N5C(=O)C([C@H]6C[C@]78c9ccccc9N9C(=O)C=C[C@H]([C@H]97)[C@H]7C[C@@H]8N6C/C7=C/C)C=C([C@H]1C[C@H]23)[C@H]54. The number of amides is 2. The van der Waals surface area contributed by atoms with Gasteiger partial charge in [-0.3, -0.25) is 19.4 Å². The summed E-state index contributed by atoms with van der Waals surface area (Å²) in [6.07, 6.45) is 15.7. The smallest absolute Gasteiger partial charge is 0.250 e. The molecule has 1 unspecified atom stereocenters. The first-order chi connectivity index (χ1) is 23.5. The first kappa shape index (κ1) is 27.1. The Morgan fingerprint density at radius 2 is 1.58 bits per heavy atom. The van der Waals surface area contributed by atoms with Crippen molar-refractivity contribution < 1.29 is 9.59 Å². The van der Waals surface area contributed by atoms with Crippen molar-refractivity contribution >= 4 is 23.2 Å². The molecule has 8 heterocycles. The number of carbonyl (C=O) groups is 2. The summed E-state index contributed by atoms with van der Waals surface area (Å²) in [4.78, 5) is 39.2. The maximum atomic E-state index is 15.5. The topological polar surface area (TPSA) is 47.1 Å². The monoisotopic (exact) mass is 634 g/mol. The molecular formula is C42H42N4O2. The summed E-state index contributed by atoms with van der Waals surface area (Å²) in [6.45, 7) is 7.51. The molecule has 2 aromatic rings. The molecule has 4 saturated heterocycles. The van der Waals surface area contributed by atoms with E-state index in [-0.39, 0.29) is 40.8 Å². The van der Waals surface area contributed by atoms with Crippen molar-refractivity contribution in [3.63, 3.8) is 0 Å². The molecule has 2 amide bonds. The van der Waals surface area contributed by atoms with E-state index in [4.69, 9.17) is 0 Å².